The lowest BCUT2D eigenvalue weighted by Gasteiger charge is -2.18. The standard InChI is InChI=1S/C16H18FNO/c1-11-9-14(17)7-8-16(11)18-12(2)13-5-4-6-15(10-13)19-3/h4-10,12,18H,1-3H3. The molecule has 1 unspecified atom stereocenters. The van der Waals surface area contributed by atoms with Gasteiger partial charge in [0, 0.05) is 11.7 Å². The van der Waals surface area contributed by atoms with Crippen LogP contribution in [0.5, 0.6) is 5.75 Å². The molecule has 0 saturated carbocycles. The van der Waals surface area contributed by atoms with Gasteiger partial charge in [-0.3, -0.25) is 0 Å². The molecule has 1 atom stereocenters. The topological polar surface area (TPSA) is 21.3 Å². The first-order valence-corrected chi connectivity index (χ1v) is 6.27. The van der Waals surface area contributed by atoms with Crippen LogP contribution >= 0.6 is 0 Å². The van der Waals surface area contributed by atoms with Gasteiger partial charge in [0.15, 0.2) is 0 Å². The molecule has 2 aromatic carbocycles. The number of methoxy groups -OCH3 is 1. The van der Waals surface area contributed by atoms with E-state index in [-0.39, 0.29) is 11.9 Å². The maximum absolute atomic E-state index is 13.1. The van der Waals surface area contributed by atoms with Crippen molar-refractivity contribution >= 4 is 5.69 Å². The van der Waals surface area contributed by atoms with Crippen LogP contribution in [-0.2, 0) is 0 Å². The summed E-state index contributed by atoms with van der Waals surface area (Å²) >= 11 is 0. The molecule has 2 aromatic rings. The second-order valence-electron chi connectivity index (χ2n) is 4.60. The van der Waals surface area contributed by atoms with E-state index in [2.05, 4.69) is 12.2 Å². The quantitative estimate of drug-likeness (QED) is 0.883. The third-order valence-corrected chi connectivity index (χ3v) is 3.15. The van der Waals surface area contributed by atoms with Crippen molar-refractivity contribution in [3.8, 4) is 5.75 Å². The number of aryl methyl sites for hydroxylation is 1. The van der Waals surface area contributed by atoms with Crippen molar-refractivity contribution in [1.82, 2.24) is 0 Å². The van der Waals surface area contributed by atoms with Gasteiger partial charge in [-0.25, -0.2) is 4.39 Å². The van der Waals surface area contributed by atoms with Crippen LogP contribution in [-0.4, -0.2) is 7.11 Å². The predicted octanol–water partition coefficient (Wildman–Crippen LogP) is 4.32. The van der Waals surface area contributed by atoms with Crippen LogP contribution in [0.2, 0.25) is 0 Å². The zero-order valence-corrected chi connectivity index (χ0v) is 11.4. The lowest BCUT2D eigenvalue weighted by atomic mass is 10.1. The maximum Gasteiger partial charge on any atom is 0.123 e. The summed E-state index contributed by atoms with van der Waals surface area (Å²) in [6.45, 7) is 3.96. The molecule has 0 heterocycles. The molecular weight excluding hydrogens is 241 g/mol. The molecule has 0 bridgehead atoms. The maximum atomic E-state index is 13.1. The Balaban J connectivity index is 2.17. The van der Waals surface area contributed by atoms with Gasteiger partial charge in [-0.05, 0) is 55.3 Å². The molecule has 0 spiro atoms. The molecule has 19 heavy (non-hydrogen) atoms. The van der Waals surface area contributed by atoms with Crippen LogP contribution in [0, 0.1) is 12.7 Å². The smallest absolute Gasteiger partial charge is 0.123 e. The van der Waals surface area contributed by atoms with Gasteiger partial charge >= 0.3 is 0 Å². The third kappa shape index (κ3) is 3.25. The Labute approximate surface area is 113 Å². The second kappa shape index (κ2) is 5.74. The van der Waals surface area contributed by atoms with Crippen LogP contribution < -0.4 is 10.1 Å². The molecule has 0 aliphatic rings. The molecule has 0 amide bonds. The molecule has 0 radical (unpaired) electrons. The molecule has 100 valence electrons. The van der Waals surface area contributed by atoms with Crippen molar-refractivity contribution < 1.29 is 9.13 Å². The van der Waals surface area contributed by atoms with Crippen molar-refractivity contribution in [3.05, 3.63) is 59.4 Å². The molecule has 1 N–H and O–H groups in total. The molecule has 3 heteroatoms. The van der Waals surface area contributed by atoms with Crippen molar-refractivity contribution in [2.75, 3.05) is 12.4 Å². The molecule has 2 rings (SSSR count). The summed E-state index contributed by atoms with van der Waals surface area (Å²) in [6, 6.07) is 12.8. The lowest BCUT2D eigenvalue weighted by molar-refractivity contribution is 0.414. The Morgan fingerprint density at radius 1 is 1.16 bits per heavy atom. The van der Waals surface area contributed by atoms with Crippen molar-refractivity contribution in [2.45, 2.75) is 19.9 Å². The summed E-state index contributed by atoms with van der Waals surface area (Å²) in [6.07, 6.45) is 0. The average Bonchev–Trinajstić information content (AvgIpc) is 2.42. The first-order chi connectivity index (χ1) is 9.10. The highest BCUT2D eigenvalue weighted by Gasteiger charge is 2.08. The minimum atomic E-state index is -0.211. The van der Waals surface area contributed by atoms with E-state index in [1.807, 2.05) is 31.2 Å². The minimum Gasteiger partial charge on any atom is -0.497 e. The number of rotatable bonds is 4. The fourth-order valence-electron chi connectivity index (χ4n) is 2.02. The average molecular weight is 259 g/mol. The van der Waals surface area contributed by atoms with Gasteiger partial charge in [-0.1, -0.05) is 12.1 Å². The van der Waals surface area contributed by atoms with Crippen LogP contribution in [0.3, 0.4) is 0 Å². The number of benzene rings is 2. The molecular formula is C16H18FNO. The Morgan fingerprint density at radius 2 is 1.95 bits per heavy atom. The SMILES string of the molecule is COc1cccc(C(C)Nc2ccc(F)cc2C)c1. The summed E-state index contributed by atoms with van der Waals surface area (Å²) in [7, 11) is 1.65. The summed E-state index contributed by atoms with van der Waals surface area (Å²) in [5, 5.41) is 3.38. The van der Waals surface area contributed by atoms with Gasteiger partial charge in [0.25, 0.3) is 0 Å². The van der Waals surface area contributed by atoms with E-state index in [4.69, 9.17) is 4.74 Å². The molecule has 2 nitrogen and oxygen atoms in total. The van der Waals surface area contributed by atoms with Crippen molar-refractivity contribution in [3.63, 3.8) is 0 Å². The van der Waals surface area contributed by atoms with Gasteiger partial charge in [0.05, 0.1) is 7.11 Å². The van der Waals surface area contributed by atoms with Crippen LogP contribution in [0.4, 0.5) is 10.1 Å². The zero-order chi connectivity index (χ0) is 13.8. The predicted molar refractivity (Wildman–Crippen MR) is 76.2 cm³/mol. The summed E-state index contributed by atoms with van der Waals surface area (Å²) < 4.78 is 18.3. The van der Waals surface area contributed by atoms with Crippen LogP contribution in [0.1, 0.15) is 24.1 Å². The van der Waals surface area contributed by atoms with E-state index >= 15 is 0 Å². The van der Waals surface area contributed by atoms with Gasteiger partial charge in [0.2, 0.25) is 0 Å². The number of hydrogen-bond acceptors (Lipinski definition) is 2. The minimum absolute atomic E-state index is 0.124. The van der Waals surface area contributed by atoms with E-state index in [9.17, 15) is 4.39 Å². The highest BCUT2D eigenvalue weighted by molar-refractivity contribution is 5.52. The fraction of sp³-hybridized carbons (Fsp3) is 0.250. The van der Waals surface area contributed by atoms with Crippen LogP contribution in [0.25, 0.3) is 0 Å². The first kappa shape index (κ1) is 13.4. The highest BCUT2D eigenvalue weighted by Crippen LogP contribution is 2.24. The number of halogens is 1. The van der Waals surface area contributed by atoms with Gasteiger partial charge in [0.1, 0.15) is 11.6 Å². The van der Waals surface area contributed by atoms with Crippen LogP contribution in [0.15, 0.2) is 42.5 Å². The molecule has 0 saturated heterocycles. The molecule has 0 aliphatic carbocycles. The largest absolute Gasteiger partial charge is 0.497 e. The van der Waals surface area contributed by atoms with E-state index in [0.29, 0.717) is 0 Å². The first-order valence-electron chi connectivity index (χ1n) is 6.27. The van der Waals surface area contributed by atoms with E-state index < -0.39 is 0 Å². The van der Waals surface area contributed by atoms with E-state index in [0.717, 1.165) is 22.6 Å². The highest BCUT2D eigenvalue weighted by atomic mass is 19.1. The van der Waals surface area contributed by atoms with Crippen molar-refractivity contribution in [2.24, 2.45) is 0 Å². The normalized spacial score (nSPS) is 12.0. The van der Waals surface area contributed by atoms with E-state index in [1.165, 1.54) is 12.1 Å². The fourth-order valence-corrected chi connectivity index (χ4v) is 2.02. The molecule has 0 fully saturated rings. The van der Waals surface area contributed by atoms with E-state index in [1.54, 1.807) is 13.2 Å². The Hall–Kier alpha value is -2.03. The monoisotopic (exact) mass is 259 g/mol. The Kier molecular flexibility index (Phi) is 4.05. The summed E-state index contributed by atoms with van der Waals surface area (Å²) in [4.78, 5) is 0. The Bertz CT molecular complexity index is 568. The third-order valence-electron chi connectivity index (χ3n) is 3.15. The second-order valence-corrected chi connectivity index (χ2v) is 4.60. The zero-order valence-electron chi connectivity index (χ0n) is 11.4. The Morgan fingerprint density at radius 3 is 2.63 bits per heavy atom. The molecule has 0 aliphatic heterocycles. The lowest BCUT2D eigenvalue weighted by Crippen LogP contribution is -2.07. The van der Waals surface area contributed by atoms with Gasteiger partial charge in [-0.15, -0.1) is 0 Å². The number of anilines is 1. The van der Waals surface area contributed by atoms with Crippen molar-refractivity contribution in [1.29, 1.82) is 0 Å². The molecule has 0 aromatic heterocycles. The van der Waals surface area contributed by atoms with Gasteiger partial charge < -0.3 is 10.1 Å². The summed E-state index contributed by atoms with van der Waals surface area (Å²) in [5.74, 6) is 0.624. The number of hydrogen-bond donors (Lipinski definition) is 1. The summed E-state index contributed by atoms with van der Waals surface area (Å²) in [5.41, 5.74) is 2.97. The number of ether oxygens (including phenoxy) is 1. The van der Waals surface area contributed by atoms with Gasteiger partial charge in [-0.2, -0.15) is 0 Å². The number of nitrogens with one attached hydrogen (secondary N) is 1.